The van der Waals surface area contributed by atoms with Crippen LogP contribution in [0.15, 0.2) is 29.3 Å². The van der Waals surface area contributed by atoms with Crippen LogP contribution in [0.5, 0.6) is 0 Å². The van der Waals surface area contributed by atoms with E-state index in [2.05, 4.69) is 35.8 Å². The summed E-state index contributed by atoms with van der Waals surface area (Å²) in [5.74, 6) is -0.111. The summed E-state index contributed by atoms with van der Waals surface area (Å²) in [6.07, 6.45) is 4.52. The summed E-state index contributed by atoms with van der Waals surface area (Å²) in [5, 5.41) is 4.58. The van der Waals surface area contributed by atoms with Gasteiger partial charge in [-0.05, 0) is 25.8 Å². The zero-order valence-corrected chi connectivity index (χ0v) is 15.8. The van der Waals surface area contributed by atoms with Crippen LogP contribution in [0.1, 0.15) is 61.5 Å². The minimum Gasteiger partial charge on any atom is -0.337 e. The number of piperidine rings is 1. The average molecular weight is 355 g/mol. The van der Waals surface area contributed by atoms with Gasteiger partial charge < -0.3 is 4.90 Å². The summed E-state index contributed by atoms with van der Waals surface area (Å²) in [6, 6.07) is 3.40. The summed E-state index contributed by atoms with van der Waals surface area (Å²) < 4.78 is 1.59. The van der Waals surface area contributed by atoms with Gasteiger partial charge in [-0.1, -0.05) is 20.8 Å². The fourth-order valence-electron chi connectivity index (χ4n) is 3.07. The first-order chi connectivity index (χ1) is 12.3. The lowest BCUT2D eigenvalue weighted by Gasteiger charge is -2.32. The van der Waals surface area contributed by atoms with Gasteiger partial charge in [0.2, 0.25) is 0 Å². The standard InChI is InChI=1S/C19H25N5O2/c1-13-11-21-15(12-20-13)18(26)23-9-7-14(8-10-23)24-17(25)6-5-16(22-24)19(2,3)4/h5-6,11-12,14H,7-10H2,1-4H3. The number of carbonyl (C=O) groups is 1. The van der Waals surface area contributed by atoms with E-state index >= 15 is 0 Å². The number of nitrogens with zero attached hydrogens (tertiary/aromatic N) is 5. The Hall–Kier alpha value is -2.57. The Bertz CT molecular complexity index is 843. The molecule has 1 amide bonds. The van der Waals surface area contributed by atoms with Gasteiger partial charge >= 0.3 is 0 Å². The minimum atomic E-state index is -0.115. The van der Waals surface area contributed by atoms with Crippen molar-refractivity contribution in [3.63, 3.8) is 0 Å². The van der Waals surface area contributed by atoms with E-state index in [0.29, 0.717) is 31.6 Å². The zero-order valence-electron chi connectivity index (χ0n) is 15.8. The van der Waals surface area contributed by atoms with Crippen molar-refractivity contribution in [2.75, 3.05) is 13.1 Å². The maximum Gasteiger partial charge on any atom is 0.274 e. The van der Waals surface area contributed by atoms with Gasteiger partial charge in [0.15, 0.2) is 0 Å². The molecular formula is C19H25N5O2. The normalized spacial score (nSPS) is 15.9. The molecule has 3 heterocycles. The molecule has 0 saturated carbocycles. The van der Waals surface area contributed by atoms with E-state index in [1.54, 1.807) is 27.9 Å². The van der Waals surface area contributed by atoms with E-state index in [9.17, 15) is 9.59 Å². The van der Waals surface area contributed by atoms with E-state index in [-0.39, 0.29) is 22.9 Å². The Labute approximate surface area is 153 Å². The molecule has 138 valence electrons. The molecule has 0 bridgehead atoms. The number of aryl methyl sites for hydroxylation is 1. The van der Waals surface area contributed by atoms with Crippen LogP contribution >= 0.6 is 0 Å². The van der Waals surface area contributed by atoms with Crippen molar-refractivity contribution in [1.29, 1.82) is 0 Å². The van der Waals surface area contributed by atoms with Crippen LogP contribution in [0.4, 0.5) is 0 Å². The summed E-state index contributed by atoms with van der Waals surface area (Å²) in [7, 11) is 0. The molecule has 0 N–H and O–H groups in total. The topological polar surface area (TPSA) is 81.0 Å². The van der Waals surface area contributed by atoms with Gasteiger partial charge in [-0.25, -0.2) is 9.67 Å². The lowest BCUT2D eigenvalue weighted by molar-refractivity contribution is 0.0681. The Morgan fingerprint density at radius 2 is 1.81 bits per heavy atom. The van der Waals surface area contributed by atoms with E-state index < -0.39 is 0 Å². The predicted octanol–water partition coefficient (Wildman–Crippen LogP) is 2.12. The van der Waals surface area contributed by atoms with Crippen molar-refractivity contribution < 1.29 is 4.79 Å². The Morgan fingerprint density at radius 1 is 1.12 bits per heavy atom. The Kier molecular flexibility index (Phi) is 4.89. The first kappa shape index (κ1) is 18.2. The highest BCUT2D eigenvalue weighted by atomic mass is 16.2. The molecule has 1 saturated heterocycles. The first-order valence-corrected chi connectivity index (χ1v) is 8.94. The van der Waals surface area contributed by atoms with Crippen LogP contribution in [0.2, 0.25) is 0 Å². The van der Waals surface area contributed by atoms with Crippen molar-refractivity contribution >= 4 is 5.91 Å². The highest BCUT2D eigenvalue weighted by Gasteiger charge is 2.27. The molecule has 1 aliphatic rings. The highest BCUT2D eigenvalue weighted by molar-refractivity contribution is 5.92. The number of carbonyl (C=O) groups excluding carboxylic acids is 1. The van der Waals surface area contributed by atoms with Crippen LogP contribution < -0.4 is 5.56 Å². The van der Waals surface area contributed by atoms with Crippen molar-refractivity contribution in [2.45, 2.75) is 52.0 Å². The van der Waals surface area contributed by atoms with Gasteiger partial charge in [0.05, 0.1) is 23.6 Å². The van der Waals surface area contributed by atoms with Gasteiger partial charge in [0.1, 0.15) is 5.69 Å². The number of hydrogen-bond donors (Lipinski definition) is 0. The summed E-state index contributed by atoms with van der Waals surface area (Å²) in [5.41, 5.74) is 1.83. The predicted molar refractivity (Wildman–Crippen MR) is 98.1 cm³/mol. The fourth-order valence-corrected chi connectivity index (χ4v) is 3.07. The SMILES string of the molecule is Cc1cnc(C(=O)N2CCC(n3nc(C(C)(C)C)ccc3=O)CC2)cn1. The molecule has 1 fully saturated rings. The second-order valence-electron chi connectivity index (χ2n) is 7.82. The number of hydrogen-bond acceptors (Lipinski definition) is 5. The maximum atomic E-state index is 12.5. The minimum absolute atomic E-state index is 0.0120. The fraction of sp³-hybridized carbons (Fsp3) is 0.526. The molecular weight excluding hydrogens is 330 g/mol. The third-order valence-corrected chi connectivity index (χ3v) is 4.69. The number of rotatable bonds is 2. The second-order valence-corrected chi connectivity index (χ2v) is 7.82. The largest absolute Gasteiger partial charge is 0.337 e. The van der Waals surface area contributed by atoms with Gasteiger partial charge in [0.25, 0.3) is 11.5 Å². The molecule has 0 atom stereocenters. The summed E-state index contributed by atoms with van der Waals surface area (Å²) in [4.78, 5) is 34.9. The molecule has 0 unspecified atom stereocenters. The quantitative estimate of drug-likeness (QED) is 0.824. The average Bonchev–Trinajstić information content (AvgIpc) is 2.61. The molecule has 0 radical (unpaired) electrons. The van der Waals surface area contributed by atoms with Gasteiger partial charge in [-0.3, -0.25) is 14.6 Å². The van der Waals surface area contributed by atoms with E-state index in [0.717, 1.165) is 11.4 Å². The molecule has 2 aromatic rings. The molecule has 7 nitrogen and oxygen atoms in total. The van der Waals surface area contributed by atoms with E-state index in [1.807, 2.05) is 6.92 Å². The van der Waals surface area contributed by atoms with Crippen molar-refractivity contribution in [3.8, 4) is 0 Å². The number of aromatic nitrogens is 4. The highest BCUT2D eigenvalue weighted by Crippen LogP contribution is 2.23. The third kappa shape index (κ3) is 3.81. The molecule has 0 spiro atoms. The molecule has 26 heavy (non-hydrogen) atoms. The number of amides is 1. The lowest BCUT2D eigenvalue weighted by Crippen LogP contribution is -2.42. The summed E-state index contributed by atoms with van der Waals surface area (Å²) in [6.45, 7) is 9.22. The molecule has 1 aliphatic heterocycles. The Balaban J connectivity index is 1.72. The van der Waals surface area contributed by atoms with Crippen LogP contribution in [0.3, 0.4) is 0 Å². The molecule has 7 heteroatoms. The molecule has 2 aromatic heterocycles. The lowest BCUT2D eigenvalue weighted by atomic mass is 9.92. The van der Waals surface area contributed by atoms with Gasteiger partial charge in [-0.2, -0.15) is 5.10 Å². The van der Waals surface area contributed by atoms with Crippen molar-refractivity contribution in [1.82, 2.24) is 24.6 Å². The van der Waals surface area contributed by atoms with Crippen molar-refractivity contribution in [2.24, 2.45) is 0 Å². The zero-order chi connectivity index (χ0) is 18.9. The van der Waals surface area contributed by atoms with Crippen molar-refractivity contribution in [3.05, 3.63) is 52.0 Å². The second kappa shape index (κ2) is 6.97. The molecule has 0 aromatic carbocycles. The summed E-state index contributed by atoms with van der Waals surface area (Å²) >= 11 is 0. The molecule has 0 aliphatic carbocycles. The maximum absolute atomic E-state index is 12.5. The van der Waals surface area contributed by atoms with Gasteiger partial charge in [-0.15, -0.1) is 0 Å². The van der Waals surface area contributed by atoms with Crippen LogP contribution in [-0.4, -0.2) is 43.6 Å². The van der Waals surface area contributed by atoms with Crippen LogP contribution in [0, 0.1) is 6.92 Å². The van der Waals surface area contributed by atoms with Crippen LogP contribution in [-0.2, 0) is 5.41 Å². The smallest absolute Gasteiger partial charge is 0.274 e. The monoisotopic (exact) mass is 355 g/mol. The first-order valence-electron chi connectivity index (χ1n) is 8.94. The Morgan fingerprint density at radius 3 is 2.38 bits per heavy atom. The molecule has 3 rings (SSSR count). The van der Waals surface area contributed by atoms with E-state index in [4.69, 9.17) is 0 Å². The number of likely N-dealkylation sites (tertiary alicyclic amines) is 1. The third-order valence-electron chi connectivity index (χ3n) is 4.69. The van der Waals surface area contributed by atoms with E-state index in [1.165, 1.54) is 6.20 Å². The van der Waals surface area contributed by atoms with Crippen LogP contribution in [0.25, 0.3) is 0 Å². The van der Waals surface area contributed by atoms with Gasteiger partial charge in [0, 0.05) is 30.8 Å².